The van der Waals surface area contributed by atoms with Crippen molar-refractivity contribution in [1.82, 2.24) is 10.3 Å². The summed E-state index contributed by atoms with van der Waals surface area (Å²) in [6.07, 6.45) is 3.68. The summed E-state index contributed by atoms with van der Waals surface area (Å²) in [5, 5.41) is 12.0. The average Bonchev–Trinajstić information content (AvgIpc) is 3.18. The van der Waals surface area contributed by atoms with Crippen LogP contribution in [0.15, 0.2) is 34.9 Å². The van der Waals surface area contributed by atoms with Crippen LogP contribution in [-0.4, -0.2) is 28.0 Å². The molecule has 0 aromatic carbocycles. The number of aliphatic carboxylic acids is 1. The number of carboxylic acid groups (broad SMARTS) is 1. The molecule has 1 saturated carbocycles. The maximum absolute atomic E-state index is 12.4. The summed E-state index contributed by atoms with van der Waals surface area (Å²) >= 11 is 0. The van der Waals surface area contributed by atoms with Crippen LogP contribution in [0.4, 0.5) is 0 Å². The molecule has 1 amide bonds. The van der Waals surface area contributed by atoms with Gasteiger partial charge in [-0.05, 0) is 44.0 Å². The van der Waals surface area contributed by atoms with Crippen LogP contribution in [-0.2, 0) is 4.79 Å². The second-order valence-electron chi connectivity index (χ2n) is 5.76. The third-order valence-corrected chi connectivity index (χ3v) is 4.25. The molecule has 120 valence electrons. The molecule has 2 heterocycles. The van der Waals surface area contributed by atoms with E-state index in [4.69, 9.17) is 4.42 Å². The topological polar surface area (TPSA) is 92.4 Å². The summed E-state index contributed by atoms with van der Waals surface area (Å²) in [5.74, 6) is -0.994. The first kappa shape index (κ1) is 15.3. The van der Waals surface area contributed by atoms with E-state index >= 15 is 0 Å². The van der Waals surface area contributed by atoms with E-state index < -0.39 is 11.9 Å². The number of carboxylic acids is 1. The largest absolute Gasteiger partial charge is 0.481 e. The van der Waals surface area contributed by atoms with Gasteiger partial charge in [0.2, 0.25) is 0 Å². The number of hydrogen-bond donors (Lipinski definition) is 2. The minimum atomic E-state index is -0.851. The maximum atomic E-state index is 12.4. The average molecular weight is 314 g/mol. The monoisotopic (exact) mass is 314 g/mol. The summed E-state index contributed by atoms with van der Waals surface area (Å²) in [5.41, 5.74) is 1.70. The molecule has 23 heavy (non-hydrogen) atoms. The van der Waals surface area contributed by atoms with Gasteiger partial charge in [0.15, 0.2) is 5.76 Å². The first-order valence-electron chi connectivity index (χ1n) is 7.61. The highest BCUT2D eigenvalue weighted by atomic mass is 16.4. The lowest BCUT2D eigenvalue weighted by molar-refractivity contribution is -0.142. The lowest BCUT2D eigenvalue weighted by Gasteiger charge is -2.18. The molecule has 0 saturated heterocycles. The minimum absolute atomic E-state index is 0.279. The van der Waals surface area contributed by atoms with Crippen molar-refractivity contribution in [3.05, 3.63) is 41.8 Å². The van der Waals surface area contributed by atoms with Crippen LogP contribution >= 0.6 is 0 Å². The van der Waals surface area contributed by atoms with E-state index in [1.54, 1.807) is 37.5 Å². The lowest BCUT2D eigenvalue weighted by atomic mass is 10.0. The number of furan rings is 1. The fourth-order valence-corrected chi connectivity index (χ4v) is 3.04. The predicted molar refractivity (Wildman–Crippen MR) is 82.9 cm³/mol. The number of rotatable bonds is 4. The molecule has 6 nitrogen and oxygen atoms in total. The molecule has 0 spiro atoms. The molecular formula is C17H18N2O4. The van der Waals surface area contributed by atoms with E-state index in [0.717, 1.165) is 6.42 Å². The Bertz CT molecular complexity index is 724. The van der Waals surface area contributed by atoms with E-state index in [2.05, 4.69) is 10.3 Å². The number of aromatic nitrogens is 1. The van der Waals surface area contributed by atoms with Crippen molar-refractivity contribution in [2.45, 2.75) is 32.2 Å². The number of nitrogens with zero attached hydrogens (tertiary/aromatic N) is 1. The summed E-state index contributed by atoms with van der Waals surface area (Å²) in [6, 6.07) is 6.69. The Morgan fingerprint density at radius 3 is 2.78 bits per heavy atom. The Balaban J connectivity index is 1.76. The van der Waals surface area contributed by atoms with Crippen molar-refractivity contribution >= 4 is 11.9 Å². The summed E-state index contributed by atoms with van der Waals surface area (Å²) in [4.78, 5) is 28.0. The molecule has 0 aliphatic heterocycles. The van der Waals surface area contributed by atoms with E-state index in [-0.39, 0.29) is 11.9 Å². The van der Waals surface area contributed by atoms with Gasteiger partial charge in [-0.25, -0.2) is 4.98 Å². The van der Waals surface area contributed by atoms with Gasteiger partial charge in [-0.15, -0.1) is 0 Å². The fourth-order valence-electron chi connectivity index (χ4n) is 3.04. The van der Waals surface area contributed by atoms with Crippen molar-refractivity contribution in [2.24, 2.45) is 5.92 Å². The molecule has 1 aliphatic carbocycles. The number of nitrogens with one attached hydrogen (secondary N) is 1. The standard InChI is InChI=1S/C17H18N2O4/c1-10-11(7-8-14(18-10)15-6-3-9-23-15)16(20)19-13-5-2-4-12(13)17(21)22/h3,6-9,12-13H,2,4-5H2,1H3,(H,19,20)(H,21,22)/t12-,13+/m0/s1. The van der Waals surface area contributed by atoms with Crippen LogP contribution in [0.2, 0.25) is 0 Å². The molecule has 6 heteroatoms. The first-order valence-corrected chi connectivity index (χ1v) is 7.61. The highest BCUT2D eigenvalue weighted by Crippen LogP contribution is 2.26. The van der Waals surface area contributed by atoms with E-state index in [9.17, 15) is 14.7 Å². The number of hydrogen-bond acceptors (Lipinski definition) is 4. The Labute approximate surface area is 133 Å². The molecule has 3 rings (SSSR count). The van der Waals surface area contributed by atoms with Crippen molar-refractivity contribution in [2.75, 3.05) is 0 Å². The van der Waals surface area contributed by atoms with Gasteiger partial charge < -0.3 is 14.8 Å². The zero-order valence-corrected chi connectivity index (χ0v) is 12.8. The normalized spacial score (nSPS) is 20.4. The van der Waals surface area contributed by atoms with Crippen LogP contribution in [0, 0.1) is 12.8 Å². The zero-order valence-electron chi connectivity index (χ0n) is 12.8. The second-order valence-corrected chi connectivity index (χ2v) is 5.76. The van der Waals surface area contributed by atoms with Crippen LogP contribution < -0.4 is 5.32 Å². The van der Waals surface area contributed by atoms with Gasteiger partial charge in [0.05, 0.1) is 23.4 Å². The Morgan fingerprint density at radius 1 is 1.30 bits per heavy atom. The summed E-state index contributed by atoms with van der Waals surface area (Å²) in [6.45, 7) is 1.75. The predicted octanol–water partition coefficient (Wildman–Crippen LogP) is 2.63. The second kappa shape index (κ2) is 6.24. The molecule has 0 radical (unpaired) electrons. The van der Waals surface area contributed by atoms with Gasteiger partial charge in [0.25, 0.3) is 5.91 Å². The van der Waals surface area contributed by atoms with Gasteiger partial charge in [-0.3, -0.25) is 9.59 Å². The van der Waals surface area contributed by atoms with Crippen LogP contribution in [0.1, 0.15) is 35.3 Å². The number of aryl methyl sites for hydroxylation is 1. The van der Waals surface area contributed by atoms with Crippen LogP contribution in [0.3, 0.4) is 0 Å². The molecule has 0 bridgehead atoms. The van der Waals surface area contributed by atoms with Crippen LogP contribution in [0.5, 0.6) is 0 Å². The Morgan fingerprint density at radius 2 is 2.13 bits per heavy atom. The molecule has 2 N–H and O–H groups in total. The van der Waals surface area contributed by atoms with Gasteiger partial charge in [-0.2, -0.15) is 0 Å². The first-order chi connectivity index (χ1) is 11.1. The van der Waals surface area contributed by atoms with E-state index in [1.807, 2.05) is 0 Å². The molecule has 1 aliphatic rings. The minimum Gasteiger partial charge on any atom is -0.481 e. The van der Waals surface area contributed by atoms with Gasteiger partial charge in [0, 0.05) is 6.04 Å². The molecular weight excluding hydrogens is 296 g/mol. The molecule has 0 unspecified atom stereocenters. The third kappa shape index (κ3) is 3.11. The number of pyridine rings is 1. The summed E-state index contributed by atoms with van der Waals surface area (Å²) < 4.78 is 5.29. The molecule has 1 fully saturated rings. The Hall–Kier alpha value is -2.63. The third-order valence-electron chi connectivity index (χ3n) is 4.25. The van der Waals surface area contributed by atoms with E-state index in [1.165, 1.54) is 0 Å². The van der Waals surface area contributed by atoms with Crippen molar-refractivity contribution < 1.29 is 19.1 Å². The highest BCUT2D eigenvalue weighted by Gasteiger charge is 2.34. The SMILES string of the molecule is Cc1nc(-c2ccco2)ccc1C(=O)N[C@@H]1CCC[C@@H]1C(=O)O. The van der Waals surface area contributed by atoms with Crippen molar-refractivity contribution in [3.8, 4) is 11.5 Å². The lowest BCUT2D eigenvalue weighted by Crippen LogP contribution is -2.40. The quantitative estimate of drug-likeness (QED) is 0.905. The van der Waals surface area contributed by atoms with Crippen LogP contribution in [0.25, 0.3) is 11.5 Å². The maximum Gasteiger partial charge on any atom is 0.308 e. The van der Waals surface area contributed by atoms with Gasteiger partial charge in [-0.1, -0.05) is 6.42 Å². The number of carbonyl (C=O) groups excluding carboxylic acids is 1. The highest BCUT2D eigenvalue weighted by molar-refractivity contribution is 5.96. The van der Waals surface area contributed by atoms with E-state index in [0.29, 0.717) is 35.6 Å². The number of carbonyl (C=O) groups is 2. The molecule has 2 atom stereocenters. The fraction of sp³-hybridized carbons (Fsp3) is 0.353. The zero-order chi connectivity index (χ0) is 16.4. The van der Waals surface area contributed by atoms with Crippen molar-refractivity contribution in [1.29, 1.82) is 0 Å². The van der Waals surface area contributed by atoms with Crippen molar-refractivity contribution in [3.63, 3.8) is 0 Å². The molecule has 2 aromatic heterocycles. The van der Waals surface area contributed by atoms with Gasteiger partial charge >= 0.3 is 5.97 Å². The Kier molecular flexibility index (Phi) is 4.14. The summed E-state index contributed by atoms with van der Waals surface area (Å²) in [7, 11) is 0. The van der Waals surface area contributed by atoms with Gasteiger partial charge in [0.1, 0.15) is 5.69 Å². The smallest absolute Gasteiger partial charge is 0.308 e. The molecule has 2 aromatic rings. The number of amides is 1.